The third-order valence-corrected chi connectivity index (χ3v) is 6.12. The molecule has 0 aromatic heterocycles. The van der Waals surface area contributed by atoms with Crippen LogP contribution in [0.3, 0.4) is 0 Å². The number of hydrogen-bond acceptors (Lipinski definition) is 3. The number of carbonyl (C=O) groups is 1. The molecule has 1 amide bonds. The zero-order chi connectivity index (χ0) is 21.0. The van der Waals surface area contributed by atoms with Crippen LogP contribution in [-0.4, -0.2) is 20.9 Å². The molecule has 8 heteroatoms. The lowest BCUT2D eigenvalue weighted by Gasteiger charge is -2.24. The van der Waals surface area contributed by atoms with E-state index >= 15 is 0 Å². The van der Waals surface area contributed by atoms with Crippen LogP contribution >= 0.6 is 11.6 Å². The van der Waals surface area contributed by atoms with Gasteiger partial charge in [0.2, 0.25) is 5.91 Å². The summed E-state index contributed by atoms with van der Waals surface area (Å²) in [5.41, 5.74) is 1.01. The maximum atomic E-state index is 14.0. The number of benzene rings is 3. The number of sulfonamides is 1. The Balaban J connectivity index is 1.93. The van der Waals surface area contributed by atoms with Crippen LogP contribution in [0.15, 0.2) is 77.7 Å². The standard InChI is InChI=1S/C21H18ClFN2O3S/c1-15-6-5-9-18(12-15)29(27,28)25(17-7-3-2-4-8-17)14-21(26)24-20-11-10-16(22)13-19(20)23/h2-13H,14H2,1H3,(H,24,26). The Labute approximate surface area is 173 Å². The Kier molecular flexibility index (Phi) is 6.20. The highest BCUT2D eigenvalue weighted by molar-refractivity contribution is 7.92. The van der Waals surface area contributed by atoms with Crippen LogP contribution in [-0.2, 0) is 14.8 Å². The van der Waals surface area contributed by atoms with Crippen LogP contribution in [0.4, 0.5) is 15.8 Å². The van der Waals surface area contributed by atoms with E-state index in [4.69, 9.17) is 11.6 Å². The van der Waals surface area contributed by atoms with Crippen molar-refractivity contribution in [2.45, 2.75) is 11.8 Å². The maximum absolute atomic E-state index is 14.0. The molecular weight excluding hydrogens is 415 g/mol. The van der Waals surface area contributed by atoms with E-state index in [1.165, 1.54) is 24.3 Å². The van der Waals surface area contributed by atoms with Crippen LogP contribution in [0.1, 0.15) is 5.56 Å². The van der Waals surface area contributed by atoms with E-state index in [-0.39, 0.29) is 15.6 Å². The van der Waals surface area contributed by atoms with Crippen molar-refractivity contribution in [2.75, 3.05) is 16.2 Å². The number of anilines is 2. The minimum atomic E-state index is -4.02. The van der Waals surface area contributed by atoms with Crippen molar-refractivity contribution in [1.82, 2.24) is 0 Å². The van der Waals surface area contributed by atoms with Gasteiger partial charge in [-0.2, -0.15) is 0 Å². The Morgan fingerprint density at radius 2 is 1.76 bits per heavy atom. The number of nitrogens with zero attached hydrogens (tertiary/aromatic N) is 1. The van der Waals surface area contributed by atoms with Gasteiger partial charge in [0.1, 0.15) is 12.4 Å². The van der Waals surface area contributed by atoms with E-state index in [9.17, 15) is 17.6 Å². The third kappa shape index (κ3) is 4.93. The molecule has 3 aromatic carbocycles. The fourth-order valence-electron chi connectivity index (χ4n) is 2.72. The molecule has 0 atom stereocenters. The zero-order valence-electron chi connectivity index (χ0n) is 15.5. The van der Waals surface area contributed by atoms with Crippen molar-refractivity contribution < 1.29 is 17.6 Å². The second kappa shape index (κ2) is 8.63. The zero-order valence-corrected chi connectivity index (χ0v) is 17.0. The van der Waals surface area contributed by atoms with Crippen molar-refractivity contribution in [2.24, 2.45) is 0 Å². The van der Waals surface area contributed by atoms with Crippen molar-refractivity contribution in [3.05, 3.63) is 89.2 Å². The summed E-state index contributed by atoms with van der Waals surface area (Å²) >= 11 is 5.72. The number of carbonyl (C=O) groups excluding carboxylic acids is 1. The number of hydrogen-bond donors (Lipinski definition) is 1. The summed E-state index contributed by atoms with van der Waals surface area (Å²) in [6, 6.07) is 18.5. The van der Waals surface area contributed by atoms with Gasteiger partial charge in [0, 0.05) is 5.02 Å². The lowest BCUT2D eigenvalue weighted by atomic mass is 10.2. The highest BCUT2D eigenvalue weighted by Crippen LogP contribution is 2.25. The Hall–Kier alpha value is -2.90. The Morgan fingerprint density at radius 1 is 1.03 bits per heavy atom. The predicted molar refractivity (Wildman–Crippen MR) is 112 cm³/mol. The molecule has 3 rings (SSSR count). The normalized spacial score (nSPS) is 11.1. The second-order valence-corrected chi connectivity index (χ2v) is 8.63. The van der Waals surface area contributed by atoms with E-state index in [1.807, 2.05) is 0 Å². The largest absolute Gasteiger partial charge is 0.322 e. The number of halogens is 2. The van der Waals surface area contributed by atoms with E-state index < -0.39 is 28.3 Å². The number of rotatable bonds is 6. The summed E-state index contributed by atoms with van der Waals surface area (Å²) in [5.74, 6) is -1.40. The van der Waals surface area contributed by atoms with Gasteiger partial charge in [-0.1, -0.05) is 41.9 Å². The molecule has 0 saturated heterocycles. The SMILES string of the molecule is Cc1cccc(S(=O)(=O)N(CC(=O)Nc2ccc(Cl)cc2F)c2ccccc2)c1. The topological polar surface area (TPSA) is 66.5 Å². The molecule has 0 bridgehead atoms. The van der Waals surface area contributed by atoms with Gasteiger partial charge < -0.3 is 5.32 Å². The number of para-hydroxylation sites is 1. The molecule has 5 nitrogen and oxygen atoms in total. The molecule has 3 aromatic rings. The molecule has 0 aliphatic carbocycles. The molecule has 29 heavy (non-hydrogen) atoms. The molecule has 0 unspecified atom stereocenters. The highest BCUT2D eigenvalue weighted by Gasteiger charge is 2.27. The van der Waals surface area contributed by atoms with Crippen LogP contribution in [0, 0.1) is 12.7 Å². The Morgan fingerprint density at radius 3 is 2.41 bits per heavy atom. The number of amides is 1. The van der Waals surface area contributed by atoms with Crippen LogP contribution in [0.25, 0.3) is 0 Å². The molecule has 0 aliphatic heterocycles. The molecule has 0 heterocycles. The van der Waals surface area contributed by atoms with Crippen molar-refractivity contribution in [3.63, 3.8) is 0 Å². The molecular formula is C21H18ClFN2O3S. The quantitative estimate of drug-likeness (QED) is 0.618. The van der Waals surface area contributed by atoms with E-state index in [1.54, 1.807) is 49.4 Å². The minimum absolute atomic E-state index is 0.0619. The van der Waals surface area contributed by atoms with Crippen LogP contribution in [0.5, 0.6) is 0 Å². The van der Waals surface area contributed by atoms with Gasteiger partial charge in [0.05, 0.1) is 16.3 Å². The number of nitrogens with one attached hydrogen (secondary N) is 1. The first kappa shape index (κ1) is 20.8. The summed E-state index contributed by atoms with van der Waals surface area (Å²) in [7, 11) is -4.02. The minimum Gasteiger partial charge on any atom is -0.322 e. The molecule has 0 radical (unpaired) electrons. The number of aryl methyl sites for hydroxylation is 1. The first-order valence-corrected chi connectivity index (χ1v) is 10.5. The van der Waals surface area contributed by atoms with Gasteiger partial charge in [-0.05, 0) is 55.0 Å². The summed E-state index contributed by atoms with van der Waals surface area (Å²) in [4.78, 5) is 12.6. The van der Waals surface area contributed by atoms with Crippen molar-refractivity contribution >= 4 is 38.9 Å². The molecule has 150 valence electrons. The molecule has 0 fully saturated rings. The maximum Gasteiger partial charge on any atom is 0.264 e. The van der Waals surface area contributed by atoms with Crippen LogP contribution < -0.4 is 9.62 Å². The first-order valence-electron chi connectivity index (χ1n) is 8.67. The molecule has 0 spiro atoms. The summed E-state index contributed by atoms with van der Waals surface area (Å²) < 4.78 is 41.5. The highest BCUT2D eigenvalue weighted by atomic mass is 35.5. The Bertz CT molecular complexity index is 1140. The fourth-order valence-corrected chi connectivity index (χ4v) is 4.41. The molecule has 1 N–H and O–H groups in total. The summed E-state index contributed by atoms with van der Waals surface area (Å²) in [6.07, 6.45) is 0. The first-order chi connectivity index (χ1) is 13.8. The van der Waals surface area contributed by atoms with Crippen LogP contribution in [0.2, 0.25) is 5.02 Å². The fraction of sp³-hybridized carbons (Fsp3) is 0.0952. The van der Waals surface area contributed by atoms with Gasteiger partial charge in [0.25, 0.3) is 10.0 Å². The van der Waals surface area contributed by atoms with Gasteiger partial charge in [-0.25, -0.2) is 12.8 Å². The van der Waals surface area contributed by atoms with E-state index in [0.717, 1.165) is 15.9 Å². The van der Waals surface area contributed by atoms with E-state index in [0.29, 0.717) is 5.69 Å². The monoisotopic (exact) mass is 432 g/mol. The summed E-state index contributed by atoms with van der Waals surface area (Å²) in [6.45, 7) is 1.25. The predicted octanol–water partition coefficient (Wildman–Crippen LogP) is 4.62. The van der Waals surface area contributed by atoms with Gasteiger partial charge in [0.15, 0.2) is 0 Å². The average Bonchev–Trinajstić information content (AvgIpc) is 2.69. The van der Waals surface area contributed by atoms with Gasteiger partial charge in [-0.3, -0.25) is 9.10 Å². The lowest BCUT2D eigenvalue weighted by molar-refractivity contribution is -0.114. The lowest BCUT2D eigenvalue weighted by Crippen LogP contribution is -2.38. The van der Waals surface area contributed by atoms with Crippen molar-refractivity contribution in [3.8, 4) is 0 Å². The van der Waals surface area contributed by atoms with Crippen molar-refractivity contribution in [1.29, 1.82) is 0 Å². The smallest absolute Gasteiger partial charge is 0.264 e. The summed E-state index contributed by atoms with van der Waals surface area (Å²) in [5, 5.41) is 2.58. The van der Waals surface area contributed by atoms with Gasteiger partial charge in [-0.15, -0.1) is 0 Å². The molecule has 0 saturated carbocycles. The second-order valence-electron chi connectivity index (χ2n) is 6.34. The average molecular weight is 433 g/mol. The van der Waals surface area contributed by atoms with E-state index in [2.05, 4.69) is 5.32 Å². The molecule has 0 aliphatic rings. The van der Waals surface area contributed by atoms with Gasteiger partial charge >= 0.3 is 0 Å². The third-order valence-electron chi connectivity index (χ3n) is 4.11.